The molecule has 1 aromatic rings. The van der Waals surface area contributed by atoms with Gasteiger partial charge in [0, 0.05) is 0 Å². The van der Waals surface area contributed by atoms with Gasteiger partial charge >= 0.3 is 0 Å². The Morgan fingerprint density at radius 1 is 1.67 bits per heavy atom. The van der Waals surface area contributed by atoms with Crippen LogP contribution in [0, 0.1) is 11.3 Å². The van der Waals surface area contributed by atoms with E-state index in [1.807, 2.05) is 6.07 Å². The Hall–Kier alpha value is -1.73. The third-order valence-corrected chi connectivity index (χ3v) is 2.06. The summed E-state index contributed by atoms with van der Waals surface area (Å²) in [5.74, 6) is -0.239. The summed E-state index contributed by atoms with van der Waals surface area (Å²) in [6, 6.07) is 6.48. The number of nitrogens with two attached hydrogens (primary N) is 1. The number of carbonyl (C=O) groups excluding carboxylic acids is 1. The zero-order valence-corrected chi connectivity index (χ0v) is 8.78. The van der Waals surface area contributed by atoms with E-state index in [1.54, 1.807) is 6.07 Å². The van der Waals surface area contributed by atoms with Crippen LogP contribution in [0.2, 0.25) is 5.02 Å². The first-order valence-corrected chi connectivity index (χ1v) is 4.58. The Morgan fingerprint density at radius 2 is 2.33 bits per heavy atom. The molecule has 1 aromatic carbocycles. The van der Waals surface area contributed by atoms with E-state index >= 15 is 0 Å². The lowest BCUT2D eigenvalue weighted by Crippen LogP contribution is -2.30. The van der Waals surface area contributed by atoms with Gasteiger partial charge in [-0.15, -0.1) is 0 Å². The summed E-state index contributed by atoms with van der Waals surface area (Å²) in [5, 5.41) is 8.88. The smallest absolute Gasteiger partial charge is 0.258 e. The molecule has 0 unspecified atom stereocenters. The number of primary amides is 1. The first-order chi connectivity index (χ1) is 7.04. The summed E-state index contributed by atoms with van der Waals surface area (Å²) in [5.41, 5.74) is 5.46. The molecule has 0 spiro atoms. The Kier molecular flexibility index (Phi) is 3.53. The number of nitrogens with zero attached hydrogens (tertiary/aromatic N) is 1. The van der Waals surface area contributed by atoms with Gasteiger partial charge in [0.15, 0.2) is 6.10 Å². The SMILES string of the molecule is C[C@H](Oc1ccc(C#N)cc1Cl)C(N)=O. The molecule has 0 bridgehead atoms. The van der Waals surface area contributed by atoms with Gasteiger partial charge in [-0.2, -0.15) is 5.26 Å². The second-order valence-electron chi connectivity index (χ2n) is 2.92. The molecule has 0 heterocycles. The van der Waals surface area contributed by atoms with Crippen LogP contribution in [0.1, 0.15) is 12.5 Å². The van der Waals surface area contributed by atoms with E-state index in [-0.39, 0.29) is 5.02 Å². The van der Waals surface area contributed by atoms with Gasteiger partial charge in [-0.25, -0.2) is 0 Å². The number of ether oxygens (including phenoxy) is 1. The lowest BCUT2D eigenvalue weighted by atomic mass is 10.2. The van der Waals surface area contributed by atoms with Crippen LogP contribution in [0.3, 0.4) is 0 Å². The van der Waals surface area contributed by atoms with E-state index < -0.39 is 12.0 Å². The van der Waals surface area contributed by atoms with Crippen LogP contribution in [0.4, 0.5) is 0 Å². The minimum absolute atomic E-state index is 0.280. The molecule has 4 nitrogen and oxygen atoms in total. The maximum Gasteiger partial charge on any atom is 0.258 e. The maximum absolute atomic E-state index is 10.7. The van der Waals surface area contributed by atoms with E-state index in [4.69, 9.17) is 27.3 Å². The Morgan fingerprint density at radius 3 is 2.80 bits per heavy atom. The van der Waals surface area contributed by atoms with Gasteiger partial charge in [0.25, 0.3) is 5.91 Å². The van der Waals surface area contributed by atoms with Crippen molar-refractivity contribution >= 4 is 17.5 Å². The minimum Gasteiger partial charge on any atom is -0.479 e. The lowest BCUT2D eigenvalue weighted by molar-refractivity contribution is -0.123. The van der Waals surface area contributed by atoms with E-state index in [2.05, 4.69) is 0 Å². The second kappa shape index (κ2) is 4.67. The van der Waals surface area contributed by atoms with Crippen molar-refractivity contribution in [3.63, 3.8) is 0 Å². The summed E-state index contributed by atoms with van der Waals surface area (Å²) in [4.78, 5) is 10.7. The standard InChI is InChI=1S/C10H9ClN2O2/c1-6(10(13)14)15-9-3-2-7(5-12)4-8(9)11/h2-4,6H,1H3,(H2,13,14)/t6-/m0/s1. The van der Waals surface area contributed by atoms with Gasteiger partial charge in [-0.1, -0.05) is 11.6 Å². The fourth-order valence-corrected chi connectivity index (χ4v) is 1.14. The molecule has 0 fully saturated rings. The van der Waals surface area contributed by atoms with Gasteiger partial charge in [0.05, 0.1) is 16.7 Å². The van der Waals surface area contributed by atoms with Crippen LogP contribution in [0.15, 0.2) is 18.2 Å². The minimum atomic E-state index is -0.754. The van der Waals surface area contributed by atoms with Gasteiger partial charge in [-0.3, -0.25) is 4.79 Å². The zero-order chi connectivity index (χ0) is 11.4. The van der Waals surface area contributed by atoms with Crippen LogP contribution in [0.25, 0.3) is 0 Å². The topological polar surface area (TPSA) is 76.1 Å². The highest BCUT2D eigenvalue weighted by molar-refractivity contribution is 6.32. The van der Waals surface area contributed by atoms with Crippen LogP contribution in [-0.2, 0) is 4.79 Å². The number of halogens is 1. The molecule has 0 aromatic heterocycles. The molecule has 2 N–H and O–H groups in total. The third kappa shape index (κ3) is 2.86. The summed E-state index contributed by atoms with van der Waals surface area (Å²) < 4.78 is 5.19. The normalized spacial score (nSPS) is 11.5. The summed E-state index contributed by atoms with van der Waals surface area (Å²) in [7, 11) is 0. The quantitative estimate of drug-likeness (QED) is 0.845. The molecular weight excluding hydrogens is 216 g/mol. The van der Waals surface area contributed by atoms with Crippen LogP contribution in [0.5, 0.6) is 5.75 Å². The summed E-state index contributed by atoms with van der Waals surface area (Å²) in [6.07, 6.45) is -0.754. The molecule has 1 rings (SSSR count). The molecule has 0 aliphatic rings. The highest BCUT2D eigenvalue weighted by Crippen LogP contribution is 2.25. The maximum atomic E-state index is 10.7. The van der Waals surface area contributed by atoms with Crippen molar-refractivity contribution in [2.24, 2.45) is 5.73 Å². The average Bonchev–Trinajstić information content (AvgIpc) is 2.20. The molecule has 1 amide bonds. The van der Waals surface area contributed by atoms with Crippen molar-refractivity contribution in [1.82, 2.24) is 0 Å². The number of nitriles is 1. The second-order valence-corrected chi connectivity index (χ2v) is 3.33. The van der Waals surface area contributed by atoms with Crippen molar-refractivity contribution in [3.8, 4) is 11.8 Å². The van der Waals surface area contributed by atoms with Crippen molar-refractivity contribution in [2.75, 3.05) is 0 Å². The van der Waals surface area contributed by atoms with Gasteiger partial charge in [-0.05, 0) is 25.1 Å². The summed E-state index contributed by atoms with van der Waals surface area (Å²) in [6.45, 7) is 1.52. The Balaban J connectivity index is 2.88. The Bertz CT molecular complexity index is 426. The number of hydrogen-bond donors (Lipinski definition) is 1. The van der Waals surface area contributed by atoms with Crippen molar-refractivity contribution < 1.29 is 9.53 Å². The van der Waals surface area contributed by atoms with Crippen LogP contribution in [-0.4, -0.2) is 12.0 Å². The predicted molar refractivity (Wildman–Crippen MR) is 55.5 cm³/mol. The Labute approximate surface area is 92.2 Å². The van der Waals surface area contributed by atoms with Gasteiger partial charge < -0.3 is 10.5 Å². The average molecular weight is 225 g/mol. The number of rotatable bonds is 3. The third-order valence-electron chi connectivity index (χ3n) is 1.77. The van der Waals surface area contributed by atoms with E-state index in [0.717, 1.165) is 0 Å². The molecule has 1 atom stereocenters. The number of carbonyl (C=O) groups is 1. The molecule has 0 radical (unpaired) electrons. The molecule has 0 saturated heterocycles. The molecule has 15 heavy (non-hydrogen) atoms. The number of hydrogen-bond acceptors (Lipinski definition) is 3. The fraction of sp³-hybridized carbons (Fsp3) is 0.200. The highest BCUT2D eigenvalue weighted by Gasteiger charge is 2.12. The van der Waals surface area contributed by atoms with Crippen molar-refractivity contribution in [1.29, 1.82) is 5.26 Å². The number of benzene rings is 1. The molecule has 0 saturated carbocycles. The fourth-order valence-electron chi connectivity index (χ4n) is 0.914. The first kappa shape index (κ1) is 11.3. The lowest BCUT2D eigenvalue weighted by Gasteiger charge is -2.12. The predicted octanol–water partition coefficient (Wildman–Crippen LogP) is 1.46. The number of amides is 1. The van der Waals surface area contributed by atoms with Crippen molar-refractivity contribution in [2.45, 2.75) is 13.0 Å². The molecule has 78 valence electrons. The molecule has 0 aliphatic heterocycles. The van der Waals surface area contributed by atoms with Crippen LogP contribution < -0.4 is 10.5 Å². The molecule has 5 heteroatoms. The van der Waals surface area contributed by atoms with Gasteiger partial charge in [0.2, 0.25) is 0 Å². The van der Waals surface area contributed by atoms with E-state index in [0.29, 0.717) is 11.3 Å². The highest BCUT2D eigenvalue weighted by atomic mass is 35.5. The molecule has 0 aliphatic carbocycles. The summed E-state index contributed by atoms with van der Waals surface area (Å²) >= 11 is 5.83. The van der Waals surface area contributed by atoms with Crippen LogP contribution >= 0.6 is 11.6 Å². The van der Waals surface area contributed by atoms with Crippen molar-refractivity contribution in [3.05, 3.63) is 28.8 Å². The zero-order valence-electron chi connectivity index (χ0n) is 8.03. The molecular formula is C10H9ClN2O2. The first-order valence-electron chi connectivity index (χ1n) is 4.20. The monoisotopic (exact) mass is 224 g/mol. The van der Waals surface area contributed by atoms with E-state index in [9.17, 15) is 4.79 Å². The van der Waals surface area contributed by atoms with E-state index in [1.165, 1.54) is 19.1 Å². The largest absolute Gasteiger partial charge is 0.479 e. The van der Waals surface area contributed by atoms with Gasteiger partial charge in [0.1, 0.15) is 5.75 Å².